The Morgan fingerprint density at radius 3 is 2.44 bits per heavy atom. The number of aromatic nitrogens is 2. The average Bonchev–Trinajstić information content (AvgIpc) is 3.37. The molecule has 2 aromatic heterocycles. The van der Waals surface area contributed by atoms with Gasteiger partial charge in [-0.2, -0.15) is 0 Å². The lowest BCUT2D eigenvalue weighted by atomic mass is 10.1. The number of hydrogen-bond donors (Lipinski definition) is 1. The minimum absolute atomic E-state index is 0.104. The lowest BCUT2D eigenvalue weighted by molar-refractivity contribution is 0.185. The molecule has 0 aliphatic carbocycles. The van der Waals surface area contributed by atoms with Gasteiger partial charge in [0.2, 0.25) is 0 Å². The lowest BCUT2D eigenvalue weighted by Crippen LogP contribution is -2.14. The average molecular weight is 434 g/mol. The van der Waals surface area contributed by atoms with Crippen molar-refractivity contribution < 1.29 is 18.6 Å². The Labute approximate surface area is 187 Å². The molecule has 0 atom stereocenters. The Bertz CT molecular complexity index is 1190. The second-order valence-corrected chi connectivity index (χ2v) is 7.32. The zero-order valence-electron chi connectivity index (χ0n) is 18.7. The molecule has 32 heavy (non-hydrogen) atoms. The maximum absolute atomic E-state index is 6.22. The molecule has 166 valence electrons. The van der Waals surface area contributed by atoms with Crippen molar-refractivity contribution >= 4 is 22.4 Å². The molecule has 0 spiro atoms. The Morgan fingerprint density at radius 1 is 0.938 bits per heavy atom. The molecular formula is C25H27N3O4. The fraction of sp³-hybridized carbons (Fsp3) is 0.280. The van der Waals surface area contributed by atoms with Crippen molar-refractivity contribution in [2.45, 2.75) is 32.8 Å². The second-order valence-electron chi connectivity index (χ2n) is 7.32. The van der Waals surface area contributed by atoms with Crippen LogP contribution in [0.3, 0.4) is 0 Å². The molecule has 0 bridgehead atoms. The number of anilines is 2. The van der Waals surface area contributed by atoms with Gasteiger partial charge in [0.25, 0.3) is 0 Å². The maximum Gasteiger partial charge on any atom is 0.162 e. The third-order valence-corrected chi connectivity index (χ3v) is 5.38. The van der Waals surface area contributed by atoms with Gasteiger partial charge in [0, 0.05) is 17.0 Å². The smallest absolute Gasteiger partial charge is 0.162 e. The summed E-state index contributed by atoms with van der Waals surface area (Å²) in [4.78, 5) is 8.91. The molecule has 4 aromatic rings. The van der Waals surface area contributed by atoms with E-state index in [1.807, 2.05) is 42.5 Å². The number of methoxy groups -OCH3 is 2. The maximum atomic E-state index is 6.22. The Morgan fingerprint density at radius 2 is 1.75 bits per heavy atom. The van der Waals surface area contributed by atoms with Crippen LogP contribution in [0, 0.1) is 0 Å². The highest BCUT2D eigenvalue weighted by Crippen LogP contribution is 2.38. The topological polar surface area (TPSA) is 78.6 Å². The van der Waals surface area contributed by atoms with Gasteiger partial charge >= 0.3 is 0 Å². The van der Waals surface area contributed by atoms with Crippen LogP contribution in [0.15, 0.2) is 59.5 Å². The summed E-state index contributed by atoms with van der Waals surface area (Å²) < 4.78 is 22.9. The van der Waals surface area contributed by atoms with Gasteiger partial charge in [0.15, 0.2) is 11.5 Å². The largest absolute Gasteiger partial charge is 0.495 e. The first-order valence-electron chi connectivity index (χ1n) is 10.6. The van der Waals surface area contributed by atoms with Crippen molar-refractivity contribution in [3.05, 3.63) is 55.1 Å². The third-order valence-electron chi connectivity index (χ3n) is 5.38. The van der Waals surface area contributed by atoms with E-state index in [-0.39, 0.29) is 6.10 Å². The molecule has 1 N–H and O–H groups in total. The van der Waals surface area contributed by atoms with Crippen LogP contribution in [0.1, 0.15) is 26.7 Å². The molecule has 4 rings (SSSR count). The van der Waals surface area contributed by atoms with E-state index in [4.69, 9.17) is 18.6 Å². The molecule has 0 saturated carbocycles. The number of rotatable bonds is 9. The molecule has 2 aromatic carbocycles. The van der Waals surface area contributed by atoms with E-state index >= 15 is 0 Å². The molecule has 0 aliphatic heterocycles. The zero-order chi connectivity index (χ0) is 22.5. The van der Waals surface area contributed by atoms with Crippen molar-refractivity contribution in [2.75, 3.05) is 19.5 Å². The SMILES string of the molecule is CCC(CC)Oc1cc2c(Nc3cc(-c4ccco4)ccc3OC)ncnc2cc1OC. The summed E-state index contributed by atoms with van der Waals surface area (Å²) in [5.41, 5.74) is 2.44. The minimum atomic E-state index is 0.104. The summed E-state index contributed by atoms with van der Waals surface area (Å²) in [6.07, 6.45) is 5.09. The first kappa shape index (κ1) is 21.5. The van der Waals surface area contributed by atoms with E-state index in [1.165, 1.54) is 6.33 Å². The monoisotopic (exact) mass is 433 g/mol. The summed E-state index contributed by atoms with van der Waals surface area (Å²) in [6, 6.07) is 13.4. The van der Waals surface area contributed by atoms with Gasteiger partial charge in [-0.15, -0.1) is 0 Å². The van der Waals surface area contributed by atoms with E-state index in [9.17, 15) is 0 Å². The number of furan rings is 1. The van der Waals surface area contributed by atoms with Crippen molar-refractivity contribution in [2.24, 2.45) is 0 Å². The van der Waals surface area contributed by atoms with Crippen LogP contribution in [0.2, 0.25) is 0 Å². The normalized spacial score (nSPS) is 11.0. The number of fused-ring (bicyclic) bond motifs is 1. The summed E-state index contributed by atoms with van der Waals surface area (Å²) in [6.45, 7) is 4.21. The summed E-state index contributed by atoms with van der Waals surface area (Å²) in [7, 11) is 3.27. The number of nitrogens with zero attached hydrogens (tertiary/aromatic N) is 2. The molecule has 0 fully saturated rings. The molecule has 7 nitrogen and oxygen atoms in total. The Balaban J connectivity index is 1.77. The molecule has 0 saturated heterocycles. The first-order chi connectivity index (χ1) is 15.7. The standard InChI is InChI=1S/C25H27N3O4/c1-5-17(6-2)32-24-13-18-19(14-23(24)30-4)26-15-27-25(18)28-20-12-16(9-10-22(20)29-3)21-8-7-11-31-21/h7-15,17H,5-6H2,1-4H3,(H,26,27,28). The molecule has 0 amide bonds. The number of ether oxygens (including phenoxy) is 3. The first-order valence-corrected chi connectivity index (χ1v) is 10.6. The van der Waals surface area contributed by atoms with Crippen molar-refractivity contribution in [3.8, 4) is 28.6 Å². The van der Waals surface area contributed by atoms with Crippen LogP contribution in [-0.2, 0) is 0 Å². The number of benzene rings is 2. The van der Waals surface area contributed by atoms with E-state index in [0.717, 1.165) is 40.8 Å². The van der Waals surface area contributed by atoms with Gasteiger partial charge in [-0.05, 0) is 49.2 Å². The predicted octanol–water partition coefficient (Wildman–Crippen LogP) is 6.22. The van der Waals surface area contributed by atoms with Gasteiger partial charge in [0.05, 0.1) is 37.8 Å². The van der Waals surface area contributed by atoms with Gasteiger partial charge in [-0.25, -0.2) is 9.97 Å². The quantitative estimate of drug-likeness (QED) is 0.336. The highest BCUT2D eigenvalue weighted by Gasteiger charge is 2.16. The van der Waals surface area contributed by atoms with Crippen LogP contribution < -0.4 is 19.5 Å². The van der Waals surface area contributed by atoms with Gasteiger partial charge < -0.3 is 23.9 Å². The number of nitrogens with one attached hydrogen (secondary N) is 1. The van der Waals surface area contributed by atoms with E-state index in [1.54, 1.807) is 20.5 Å². The van der Waals surface area contributed by atoms with Gasteiger partial charge in [0.1, 0.15) is 23.7 Å². The lowest BCUT2D eigenvalue weighted by Gasteiger charge is -2.19. The van der Waals surface area contributed by atoms with Gasteiger partial charge in [-0.3, -0.25) is 0 Å². The summed E-state index contributed by atoms with van der Waals surface area (Å²) >= 11 is 0. The fourth-order valence-electron chi connectivity index (χ4n) is 3.58. The number of hydrogen-bond acceptors (Lipinski definition) is 7. The van der Waals surface area contributed by atoms with Crippen LogP contribution in [0.25, 0.3) is 22.2 Å². The zero-order valence-corrected chi connectivity index (χ0v) is 18.7. The van der Waals surface area contributed by atoms with Crippen LogP contribution in [0.4, 0.5) is 11.5 Å². The van der Waals surface area contributed by atoms with Crippen LogP contribution >= 0.6 is 0 Å². The highest BCUT2D eigenvalue weighted by molar-refractivity contribution is 5.93. The third kappa shape index (κ3) is 4.32. The summed E-state index contributed by atoms with van der Waals surface area (Å²) in [5, 5.41) is 4.22. The van der Waals surface area contributed by atoms with E-state index in [0.29, 0.717) is 23.1 Å². The molecule has 0 radical (unpaired) electrons. The molecule has 0 unspecified atom stereocenters. The van der Waals surface area contributed by atoms with Crippen molar-refractivity contribution in [1.29, 1.82) is 0 Å². The molecule has 7 heteroatoms. The van der Waals surface area contributed by atoms with Gasteiger partial charge in [-0.1, -0.05) is 13.8 Å². The van der Waals surface area contributed by atoms with Crippen molar-refractivity contribution in [3.63, 3.8) is 0 Å². The van der Waals surface area contributed by atoms with Crippen LogP contribution in [0.5, 0.6) is 17.2 Å². The van der Waals surface area contributed by atoms with E-state index < -0.39 is 0 Å². The molecule has 2 heterocycles. The Kier molecular flexibility index (Phi) is 6.44. The molecular weight excluding hydrogens is 406 g/mol. The highest BCUT2D eigenvalue weighted by atomic mass is 16.5. The second kappa shape index (κ2) is 9.60. The minimum Gasteiger partial charge on any atom is -0.495 e. The van der Waals surface area contributed by atoms with Crippen LogP contribution in [-0.4, -0.2) is 30.3 Å². The van der Waals surface area contributed by atoms with E-state index in [2.05, 4.69) is 29.1 Å². The fourth-order valence-corrected chi connectivity index (χ4v) is 3.58. The Hall–Kier alpha value is -3.74. The molecule has 0 aliphatic rings. The predicted molar refractivity (Wildman–Crippen MR) is 125 cm³/mol. The van der Waals surface area contributed by atoms with Crippen molar-refractivity contribution in [1.82, 2.24) is 9.97 Å². The summed E-state index contributed by atoms with van der Waals surface area (Å²) in [5.74, 6) is 3.42.